The summed E-state index contributed by atoms with van der Waals surface area (Å²) < 4.78 is 8.38. The smallest absolute Gasteiger partial charge is 0.127 e. The Hall–Kier alpha value is -1.61. The number of benzene rings is 2. The van der Waals surface area contributed by atoms with Crippen LogP contribution in [0.15, 0.2) is 54.6 Å². The van der Waals surface area contributed by atoms with Crippen LogP contribution in [-0.4, -0.2) is 0 Å². The molecule has 0 unspecified atom stereocenters. The van der Waals surface area contributed by atoms with Crippen molar-refractivity contribution in [1.29, 1.82) is 0 Å². The number of rotatable bonds is 3. The van der Waals surface area contributed by atoms with Crippen molar-refractivity contribution in [2.24, 2.45) is 0 Å². The lowest BCUT2D eigenvalue weighted by molar-refractivity contribution is 0.483. The van der Waals surface area contributed by atoms with Crippen LogP contribution in [0.1, 0.15) is 0 Å². The summed E-state index contributed by atoms with van der Waals surface area (Å²) in [4.78, 5) is 0. The molecule has 0 fully saturated rings. The quantitative estimate of drug-likeness (QED) is 0.764. The van der Waals surface area contributed by atoms with Gasteiger partial charge in [-0.1, -0.05) is 31.0 Å². The fraction of sp³-hybridized carbons (Fsp3) is 0. The number of hydrogen-bond donors (Lipinski definition) is 2. The van der Waals surface area contributed by atoms with Gasteiger partial charge >= 0.3 is 0 Å². The summed E-state index contributed by atoms with van der Waals surface area (Å²) in [7, 11) is 0. The summed E-state index contributed by atoms with van der Waals surface area (Å²) in [6, 6.07) is 17.3. The van der Waals surface area contributed by atoms with E-state index in [9.17, 15) is 0 Å². The van der Waals surface area contributed by atoms with Gasteiger partial charge in [0, 0.05) is 5.69 Å². The lowest BCUT2D eigenvalue weighted by atomic mass is 10.3. The van der Waals surface area contributed by atoms with Crippen molar-refractivity contribution in [1.82, 2.24) is 0 Å². The zero-order valence-corrected chi connectivity index (χ0v) is 8.95. The van der Waals surface area contributed by atoms with Crippen molar-refractivity contribution < 1.29 is 4.74 Å². The molecule has 0 spiro atoms. The van der Waals surface area contributed by atoms with Gasteiger partial charge in [0.15, 0.2) is 0 Å². The van der Waals surface area contributed by atoms with Gasteiger partial charge in [0.2, 0.25) is 0 Å². The number of para-hydroxylation sites is 1. The van der Waals surface area contributed by atoms with E-state index in [-0.39, 0.29) is 0 Å². The molecule has 0 atom stereocenters. The highest BCUT2D eigenvalue weighted by molar-refractivity contribution is 7.81. The van der Waals surface area contributed by atoms with E-state index in [0.717, 1.165) is 17.2 Å². The van der Waals surface area contributed by atoms with Crippen molar-refractivity contribution in [3.63, 3.8) is 0 Å². The Labute approximate surface area is 94.4 Å². The third-order valence-corrected chi connectivity index (χ3v) is 2.22. The number of nitrogens with one attached hydrogen (secondary N) is 1. The van der Waals surface area contributed by atoms with Gasteiger partial charge in [-0.25, -0.2) is 0 Å². The fourth-order valence-corrected chi connectivity index (χ4v) is 1.37. The Morgan fingerprint density at radius 2 is 1.40 bits per heavy atom. The van der Waals surface area contributed by atoms with Gasteiger partial charge in [-0.2, -0.15) is 0 Å². The van der Waals surface area contributed by atoms with Crippen LogP contribution in [0.25, 0.3) is 0 Å². The molecule has 2 rings (SSSR count). The molecule has 0 saturated carbocycles. The maximum Gasteiger partial charge on any atom is 0.127 e. The summed E-state index contributed by atoms with van der Waals surface area (Å²) in [6.07, 6.45) is 0. The molecule has 76 valence electrons. The molecule has 0 bridgehead atoms. The number of ether oxygens (including phenoxy) is 1. The second-order valence-electron chi connectivity index (χ2n) is 3.05. The first-order chi connectivity index (χ1) is 7.38. The fourth-order valence-electron chi connectivity index (χ4n) is 1.22. The highest BCUT2D eigenvalue weighted by Crippen LogP contribution is 2.22. The topological polar surface area (TPSA) is 21.3 Å². The predicted molar refractivity (Wildman–Crippen MR) is 65.6 cm³/mol. The minimum atomic E-state index is 0.813. The van der Waals surface area contributed by atoms with Crippen molar-refractivity contribution in [2.45, 2.75) is 0 Å². The average Bonchev–Trinajstić information content (AvgIpc) is 2.31. The number of anilines is 1. The first-order valence-corrected chi connectivity index (χ1v) is 5.06. The molecule has 2 nitrogen and oxygen atoms in total. The summed E-state index contributed by atoms with van der Waals surface area (Å²) in [5, 5.41) is 0. The molecule has 3 heteroatoms. The molecule has 0 amide bonds. The minimum Gasteiger partial charge on any atom is -0.457 e. The molecule has 0 heterocycles. The molecule has 0 saturated heterocycles. The van der Waals surface area contributed by atoms with E-state index in [4.69, 9.17) is 4.74 Å². The molecular weight excluding hydrogens is 206 g/mol. The Morgan fingerprint density at radius 3 is 2.00 bits per heavy atom. The first kappa shape index (κ1) is 9.93. The average molecular weight is 217 g/mol. The van der Waals surface area contributed by atoms with Gasteiger partial charge in [-0.05, 0) is 36.4 Å². The van der Waals surface area contributed by atoms with Crippen LogP contribution >= 0.6 is 12.8 Å². The van der Waals surface area contributed by atoms with E-state index in [0.29, 0.717) is 0 Å². The van der Waals surface area contributed by atoms with Gasteiger partial charge in [0.1, 0.15) is 11.5 Å². The zero-order valence-electron chi connectivity index (χ0n) is 8.05. The van der Waals surface area contributed by atoms with Crippen molar-refractivity contribution in [3.05, 3.63) is 54.6 Å². The Balaban J connectivity index is 2.11. The SMILES string of the molecule is SNc1ccc(Oc2ccccc2)cc1. The standard InChI is InChI=1S/C12H11NOS/c15-13-10-6-8-12(9-7-10)14-11-4-2-1-3-5-11/h1-9,13,15H. The van der Waals surface area contributed by atoms with Crippen LogP contribution in [0.3, 0.4) is 0 Å². The molecule has 0 aliphatic carbocycles. The molecular formula is C12H11NOS. The second kappa shape index (κ2) is 4.75. The van der Waals surface area contributed by atoms with E-state index in [1.54, 1.807) is 0 Å². The van der Waals surface area contributed by atoms with E-state index < -0.39 is 0 Å². The van der Waals surface area contributed by atoms with Gasteiger partial charge < -0.3 is 9.46 Å². The van der Waals surface area contributed by atoms with Crippen LogP contribution in [0.4, 0.5) is 5.69 Å². The molecule has 0 radical (unpaired) electrons. The minimum absolute atomic E-state index is 0.813. The molecule has 2 aromatic rings. The van der Waals surface area contributed by atoms with Crippen LogP contribution in [0.5, 0.6) is 11.5 Å². The maximum atomic E-state index is 5.63. The summed E-state index contributed by atoms with van der Waals surface area (Å²) in [5.41, 5.74) is 0.943. The maximum absolute atomic E-state index is 5.63. The Morgan fingerprint density at radius 1 is 0.800 bits per heavy atom. The van der Waals surface area contributed by atoms with Gasteiger partial charge in [0.05, 0.1) is 0 Å². The lowest BCUT2D eigenvalue weighted by Crippen LogP contribution is -1.84. The van der Waals surface area contributed by atoms with Crippen molar-refractivity contribution in [2.75, 3.05) is 4.72 Å². The molecule has 0 aliphatic heterocycles. The highest BCUT2D eigenvalue weighted by atomic mass is 32.1. The van der Waals surface area contributed by atoms with Crippen molar-refractivity contribution >= 4 is 18.5 Å². The molecule has 1 N–H and O–H groups in total. The van der Waals surface area contributed by atoms with Crippen molar-refractivity contribution in [3.8, 4) is 11.5 Å². The van der Waals surface area contributed by atoms with Crippen LogP contribution in [0, 0.1) is 0 Å². The largest absolute Gasteiger partial charge is 0.457 e. The molecule has 15 heavy (non-hydrogen) atoms. The van der Waals surface area contributed by atoms with Gasteiger partial charge in [-0.3, -0.25) is 0 Å². The lowest BCUT2D eigenvalue weighted by Gasteiger charge is -2.05. The zero-order chi connectivity index (χ0) is 10.5. The van der Waals surface area contributed by atoms with E-state index >= 15 is 0 Å². The summed E-state index contributed by atoms with van der Waals surface area (Å²) >= 11 is 3.95. The Bertz CT molecular complexity index is 413. The summed E-state index contributed by atoms with van der Waals surface area (Å²) in [6.45, 7) is 0. The predicted octanol–water partition coefficient (Wildman–Crippen LogP) is 3.74. The normalized spacial score (nSPS) is 9.67. The highest BCUT2D eigenvalue weighted by Gasteiger charge is 1.95. The van der Waals surface area contributed by atoms with Gasteiger partial charge in [-0.15, -0.1) is 0 Å². The Kier molecular flexibility index (Phi) is 3.15. The van der Waals surface area contributed by atoms with Crippen LogP contribution < -0.4 is 9.46 Å². The third kappa shape index (κ3) is 2.67. The molecule has 0 aliphatic rings. The monoisotopic (exact) mass is 217 g/mol. The van der Waals surface area contributed by atoms with E-state index in [2.05, 4.69) is 17.5 Å². The number of hydrogen-bond acceptors (Lipinski definition) is 3. The summed E-state index contributed by atoms with van der Waals surface area (Å²) in [5.74, 6) is 1.65. The molecule has 0 aromatic heterocycles. The van der Waals surface area contributed by atoms with E-state index in [1.807, 2.05) is 54.6 Å². The number of thiol groups is 1. The van der Waals surface area contributed by atoms with Gasteiger partial charge in [0.25, 0.3) is 0 Å². The van der Waals surface area contributed by atoms with E-state index in [1.165, 1.54) is 0 Å². The first-order valence-electron chi connectivity index (χ1n) is 4.61. The molecule has 2 aromatic carbocycles. The van der Waals surface area contributed by atoms with Crippen LogP contribution in [-0.2, 0) is 0 Å². The van der Waals surface area contributed by atoms with Crippen LogP contribution in [0.2, 0.25) is 0 Å². The second-order valence-corrected chi connectivity index (χ2v) is 3.27. The third-order valence-electron chi connectivity index (χ3n) is 1.96.